The first kappa shape index (κ1) is 16.5. The molecule has 1 atom stereocenters. The summed E-state index contributed by atoms with van der Waals surface area (Å²) in [6.45, 7) is 2.28. The quantitative estimate of drug-likeness (QED) is 0.421. The fraction of sp³-hybridized carbons (Fsp3) is 1.00. The van der Waals surface area contributed by atoms with Gasteiger partial charge in [0.05, 0.1) is 0 Å². The molecule has 0 aromatic heterocycles. The van der Waals surface area contributed by atoms with E-state index in [9.17, 15) is 5.11 Å². The van der Waals surface area contributed by atoms with Gasteiger partial charge in [-0.15, -0.1) is 0 Å². The van der Waals surface area contributed by atoms with Gasteiger partial charge in [0.25, 0.3) is 0 Å². The van der Waals surface area contributed by atoms with Crippen molar-refractivity contribution >= 4 is 15.0 Å². The van der Waals surface area contributed by atoms with E-state index in [1.165, 1.54) is 64.2 Å². The van der Waals surface area contributed by atoms with E-state index in [4.69, 9.17) is 0 Å². The van der Waals surface area contributed by atoms with Crippen molar-refractivity contribution in [3.63, 3.8) is 0 Å². The van der Waals surface area contributed by atoms with Crippen molar-refractivity contribution in [2.75, 3.05) is 0 Å². The summed E-state index contributed by atoms with van der Waals surface area (Å²) in [5.74, 6) is 2.30. The minimum absolute atomic E-state index is 0.240. The number of aliphatic hydroxyl groups is 1. The average Bonchev–Trinajstić information content (AvgIpc) is 2.34. The van der Waals surface area contributed by atoms with Gasteiger partial charge in [-0.3, -0.25) is 0 Å². The molecule has 1 rings (SSSR count). The van der Waals surface area contributed by atoms with Crippen molar-refractivity contribution in [1.82, 2.24) is 0 Å². The molecule has 0 saturated heterocycles. The fourth-order valence-corrected chi connectivity index (χ4v) is 5.19. The molecule has 1 saturated carbocycles. The van der Waals surface area contributed by atoms with Crippen LogP contribution in [0.25, 0.3) is 0 Å². The molecule has 0 amide bonds. The third-order valence-corrected chi connectivity index (χ3v) is 7.03. The van der Waals surface area contributed by atoms with Crippen LogP contribution in [0.15, 0.2) is 0 Å². The molecule has 1 fully saturated rings. The molecule has 0 spiro atoms. The second kappa shape index (κ2) is 9.39. The van der Waals surface area contributed by atoms with Gasteiger partial charge in [-0.05, 0) is 0 Å². The summed E-state index contributed by atoms with van der Waals surface area (Å²) < 4.78 is 0. The van der Waals surface area contributed by atoms with E-state index < -0.39 is 0 Å². The second-order valence-corrected chi connectivity index (χ2v) is 8.13. The third-order valence-electron chi connectivity index (χ3n) is 4.42. The third kappa shape index (κ3) is 5.63. The Morgan fingerprint density at radius 2 is 1.56 bits per heavy atom. The summed E-state index contributed by atoms with van der Waals surface area (Å²) in [4.78, 5) is 0.638. The van der Waals surface area contributed by atoms with Crippen molar-refractivity contribution in [3.05, 3.63) is 0 Å². The molecule has 1 N–H and O–H groups in total. The zero-order valence-electron chi connectivity index (χ0n) is 12.4. The predicted molar refractivity (Wildman–Crippen MR) is 81.4 cm³/mol. The molecule has 2 heteroatoms. The number of unbranched alkanes of at least 4 members (excludes halogenated alkanes) is 7. The molecule has 108 valence electrons. The van der Waals surface area contributed by atoms with Crippen LogP contribution in [0.5, 0.6) is 0 Å². The summed E-state index contributed by atoms with van der Waals surface area (Å²) in [6, 6.07) is 0. The zero-order valence-corrected chi connectivity index (χ0v) is 14.1. The van der Waals surface area contributed by atoms with Gasteiger partial charge in [0.2, 0.25) is 0 Å². The number of hydrogen-bond donors (Lipinski definition) is 1. The first-order valence-corrected chi connectivity index (χ1v) is 10.7. The molecule has 1 unspecified atom stereocenters. The van der Waals surface area contributed by atoms with E-state index in [2.05, 4.69) is 12.7 Å². The molecule has 0 radical (unpaired) electrons. The van der Waals surface area contributed by atoms with Gasteiger partial charge >= 0.3 is 120 Å². The SMILES string of the molecule is CCCCCCCCCCC([Se]C)C1(O)CCC1. The van der Waals surface area contributed by atoms with Gasteiger partial charge in [-0.2, -0.15) is 0 Å². The van der Waals surface area contributed by atoms with Crippen LogP contribution in [0.1, 0.15) is 84.0 Å². The molecule has 18 heavy (non-hydrogen) atoms. The minimum atomic E-state index is -0.240. The average molecular weight is 319 g/mol. The fourth-order valence-electron chi connectivity index (χ4n) is 2.93. The Kier molecular flexibility index (Phi) is 8.63. The molecular weight excluding hydrogens is 287 g/mol. The Morgan fingerprint density at radius 1 is 1.00 bits per heavy atom. The van der Waals surface area contributed by atoms with Crippen LogP contribution in [-0.2, 0) is 0 Å². The molecule has 0 heterocycles. The Hall–Kier alpha value is 0.479. The first-order valence-electron chi connectivity index (χ1n) is 7.98. The topological polar surface area (TPSA) is 20.2 Å². The van der Waals surface area contributed by atoms with Crippen LogP contribution >= 0.6 is 0 Å². The van der Waals surface area contributed by atoms with Crippen LogP contribution < -0.4 is 0 Å². The van der Waals surface area contributed by atoms with Crippen molar-refractivity contribution < 1.29 is 5.11 Å². The van der Waals surface area contributed by atoms with E-state index in [1.807, 2.05) is 0 Å². The molecule has 0 bridgehead atoms. The van der Waals surface area contributed by atoms with Crippen molar-refractivity contribution in [3.8, 4) is 0 Å². The van der Waals surface area contributed by atoms with Crippen LogP contribution in [0.3, 0.4) is 0 Å². The maximum absolute atomic E-state index is 10.4. The molecule has 0 aliphatic heterocycles. The summed E-state index contributed by atoms with van der Waals surface area (Å²) in [5, 5.41) is 10.4. The van der Waals surface area contributed by atoms with E-state index in [-0.39, 0.29) is 5.60 Å². The Balaban J connectivity index is 1.96. The van der Waals surface area contributed by atoms with Gasteiger partial charge in [0.1, 0.15) is 0 Å². The Morgan fingerprint density at radius 3 is 2.00 bits per heavy atom. The van der Waals surface area contributed by atoms with Gasteiger partial charge in [-0.25, -0.2) is 0 Å². The summed E-state index contributed by atoms with van der Waals surface area (Å²) >= 11 is 0.621. The van der Waals surface area contributed by atoms with Crippen LogP contribution in [0.4, 0.5) is 0 Å². The van der Waals surface area contributed by atoms with Gasteiger partial charge in [0, 0.05) is 0 Å². The van der Waals surface area contributed by atoms with Crippen LogP contribution in [0, 0.1) is 0 Å². The standard InChI is InChI=1S/C16H32OSe/c1-3-4-5-6-7-8-9-10-12-15(18-2)16(17)13-11-14-16/h15,17H,3-14H2,1-2H3. The first-order chi connectivity index (χ1) is 8.73. The van der Waals surface area contributed by atoms with Crippen LogP contribution in [-0.4, -0.2) is 25.7 Å². The molecule has 1 aliphatic carbocycles. The zero-order chi connectivity index (χ0) is 13.3. The molecular formula is C16H32OSe. The van der Waals surface area contributed by atoms with Crippen LogP contribution in [0.2, 0.25) is 10.6 Å². The molecule has 1 aliphatic rings. The van der Waals surface area contributed by atoms with Crippen molar-refractivity contribution in [1.29, 1.82) is 0 Å². The molecule has 0 aromatic rings. The summed E-state index contributed by atoms with van der Waals surface area (Å²) in [7, 11) is 0. The van der Waals surface area contributed by atoms with Crippen molar-refractivity contribution in [2.45, 2.75) is 100 Å². The molecule has 0 aromatic carbocycles. The van der Waals surface area contributed by atoms with E-state index in [0.29, 0.717) is 19.8 Å². The van der Waals surface area contributed by atoms with Crippen molar-refractivity contribution in [2.24, 2.45) is 0 Å². The maximum atomic E-state index is 10.4. The summed E-state index contributed by atoms with van der Waals surface area (Å²) in [6.07, 6.45) is 15.8. The Bertz CT molecular complexity index is 201. The monoisotopic (exact) mass is 320 g/mol. The van der Waals surface area contributed by atoms with Gasteiger partial charge in [-0.1, -0.05) is 0 Å². The normalized spacial score (nSPS) is 19.5. The van der Waals surface area contributed by atoms with E-state index in [1.54, 1.807) is 0 Å². The van der Waals surface area contributed by atoms with E-state index >= 15 is 0 Å². The number of rotatable bonds is 11. The second-order valence-electron chi connectivity index (χ2n) is 5.95. The Labute approximate surface area is 120 Å². The number of hydrogen-bond acceptors (Lipinski definition) is 1. The molecule has 1 nitrogen and oxygen atoms in total. The van der Waals surface area contributed by atoms with E-state index in [0.717, 1.165) is 12.8 Å². The van der Waals surface area contributed by atoms with Gasteiger partial charge in [0.15, 0.2) is 0 Å². The summed E-state index contributed by atoms with van der Waals surface area (Å²) in [5.41, 5.74) is -0.240. The van der Waals surface area contributed by atoms with Gasteiger partial charge < -0.3 is 0 Å². The predicted octanol–water partition coefficient (Wildman–Crippen LogP) is 4.97.